The van der Waals surface area contributed by atoms with Crippen molar-refractivity contribution >= 4 is 11.6 Å². The third-order valence-electron chi connectivity index (χ3n) is 1.57. The number of allylic oxidation sites excluding steroid dienone is 1. The molecule has 0 aromatic carbocycles. The van der Waals surface area contributed by atoms with Crippen LogP contribution < -0.4 is 0 Å². The Hall–Kier alpha value is -0.320. The van der Waals surface area contributed by atoms with Crippen molar-refractivity contribution in [3.63, 3.8) is 0 Å². The second kappa shape index (κ2) is 4.79. The lowest BCUT2D eigenvalue weighted by Gasteiger charge is -2.24. The highest BCUT2D eigenvalue weighted by Gasteiger charge is 2.47. The van der Waals surface area contributed by atoms with E-state index in [1.54, 1.807) is 0 Å². The van der Waals surface area contributed by atoms with E-state index >= 15 is 0 Å². The van der Waals surface area contributed by atoms with Gasteiger partial charge in [0.1, 0.15) is 6.33 Å². The molecule has 0 radical (unpaired) electrons. The van der Waals surface area contributed by atoms with Gasteiger partial charge in [0.15, 0.2) is 0 Å². The normalized spacial score (nSPS) is 18.5. The zero-order chi connectivity index (χ0) is 10.6. The predicted molar refractivity (Wildman–Crippen MR) is 40.0 cm³/mol. The number of hydrogen-bond acceptors (Lipinski definition) is 0. The highest BCUT2D eigenvalue weighted by molar-refractivity contribution is 6.30. The van der Waals surface area contributed by atoms with Gasteiger partial charge in [0, 0.05) is 0 Å². The summed E-state index contributed by atoms with van der Waals surface area (Å²) >= 11 is 4.81. The van der Waals surface area contributed by atoms with Crippen molar-refractivity contribution in [3.8, 4) is 0 Å². The van der Waals surface area contributed by atoms with Crippen molar-refractivity contribution in [1.29, 1.82) is 0 Å². The fourth-order valence-corrected chi connectivity index (χ4v) is 0.737. The van der Waals surface area contributed by atoms with Crippen LogP contribution in [0.25, 0.3) is 0 Å². The molecule has 0 aromatic heterocycles. The quantitative estimate of drug-likeness (QED) is 0.638. The first-order valence-electron chi connectivity index (χ1n) is 3.41. The summed E-state index contributed by atoms with van der Waals surface area (Å²) in [7, 11) is 0. The van der Waals surface area contributed by atoms with Crippen molar-refractivity contribution in [2.45, 2.75) is 19.0 Å². The Bertz CT molecular complexity index is 191. The van der Waals surface area contributed by atoms with Gasteiger partial charge in [-0.25, -0.2) is 17.6 Å². The van der Waals surface area contributed by atoms with Gasteiger partial charge in [-0.1, -0.05) is 18.5 Å². The molecule has 0 N–H and O–H groups in total. The summed E-state index contributed by atoms with van der Waals surface area (Å²) in [5.41, 5.74) is 0. The summed E-state index contributed by atoms with van der Waals surface area (Å²) in [6.45, 7) is -0.584. The van der Waals surface area contributed by atoms with E-state index in [2.05, 4.69) is 0 Å². The highest BCUT2D eigenvalue weighted by atomic mass is 35.5. The molecule has 0 rings (SSSR count). The Morgan fingerprint density at radius 1 is 1.54 bits per heavy atom. The van der Waals surface area contributed by atoms with Crippen LogP contribution in [0.5, 0.6) is 0 Å². The van der Waals surface area contributed by atoms with E-state index in [-0.39, 0.29) is 0 Å². The zero-order valence-corrected chi connectivity index (χ0v) is 7.46. The maximum atomic E-state index is 12.7. The maximum Gasteiger partial charge on any atom is 0.288 e. The molecule has 0 aromatic rings. The fourth-order valence-electron chi connectivity index (χ4n) is 0.592. The van der Waals surface area contributed by atoms with Crippen molar-refractivity contribution in [2.24, 2.45) is 5.92 Å². The third kappa shape index (κ3) is 2.83. The summed E-state index contributed by atoms with van der Waals surface area (Å²) in [5.74, 6) is -5.83. The van der Waals surface area contributed by atoms with E-state index in [4.69, 9.17) is 11.6 Å². The van der Waals surface area contributed by atoms with Crippen LogP contribution in [0, 0.1) is 5.92 Å². The molecule has 0 aliphatic rings. The fraction of sp³-hybridized carbons (Fsp3) is 0.714. The Kier molecular flexibility index (Phi) is 4.67. The van der Waals surface area contributed by atoms with E-state index in [0.29, 0.717) is 0 Å². The standard InChI is InChI=1S/C7H8ClF5/c1-4(2-9)7(12,13)6(11)5(8)3-10/h3-4,6H,2H2,1H3. The van der Waals surface area contributed by atoms with Crippen LogP contribution in [0.2, 0.25) is 0 Å². The number of rotatable bonds is 4. The van der Waals surface area contributed by atoms with Crippen LogP contribution in [0.15, 0.2) is 11.4 Å². The first kappa shape index (κ1) is 12.7. The lowest BCUT2D eigenvalue weighted by Crippen LogP contribution is -2.38. The summed E-state index contributed by atoms with van der Waals surface area (Å²) in [6, 6.07) is 0. The summed E-state index contributed by atoms with van der Waals surface area (Å²) < 4.78 is 61.5. The average molecular weight is 223 g/mol. The first-order valence-corrected chi connectivity index (χ1v) is 3.79. The molecule has 0 fully saturated rings. The van der Waals surface area contributed by atoms with Crippen molar-refractivity contribution < 1.29 is 22.0 Å². The van der Waals surface area contributed by atoms with Crippen LogP contribution >= 0.6 is 11.6 Å². The van der Waals surface area contributed by atoms with Crippen molar-refractivity contribution in [2.75, 3.05) is 6.67 Å². The summed E-state index contributed by atoms with van der Waals surface area (Å²) in [4.78, 5) is 0. The van der Waals surface area contributed by atoms with Gasteiger partial charge in [0.05, 0.1) is 17.6 Å². The Balaban J connectivity index is 4.62. The molecule has 0 saturated carbocycles. The van der Waals surface area contributed by atoms with Crippen molar-refractivity contribution in [1.82, 2.24) is 0 Å². The van der Waals surface area contributed by atoms with E-state index in [1.165, 1.54) is 0 Å². The molecule has 2 unspecified atom stereocenters. The molecule has 0 aliphatic heterocycles. The average Bonchev–Trinajstić information content (AvgIpc) is 2.13. The van der Waals surface area contributed by atoms with Crippen LogP contribution in [0.3, 0.4) is 0 Å². The molecule has 78 valence electrons. The minimum Gasteiger partial charge on any atom is -0.251 e. The molecule has 13 heavy (non-hydrogen) atoms. The largest absolute Gasteiger partial charge is 0.288 e. The molecule has 0 spiro atoms. The van der Waals surface area contributed by atoms with E-state index in [1.807, 2.05) is 0 Å². The molecule has 0 amide bonds. The minimum atomic E-state index is -3.99. The predicted octanol–water partition coefficient (Wildman–Crippen LogP) is 3.62. The van der Waals surface area contributed by atoms with Gasteiger partial charge in [0.25, 0.3) is 5.92 Å². The third-order valence-corrected chi connectivity index (χ3v) is 1.85. The summed E-state index contributed by atoms with van der Waals surface area (Å²) in [6.07, 6.45) is -3.46. The monoisotopic (exact) mass is 222 g/mol. The molecule has 6 heteroatoms. The van der Waals surface area contributed by atoms with E-state index < -0.39 is 36.0 Å². The van der Waals surface area contributed by atoms with Crippen LogP contribution in [0.4, 0.5) is 22.0 Å². The van der Waals surface area contributed by atoms with Crippen molar-refractivity contribution in [3.05, 3.63) is 11.4 Å². The van der Waals surface area contributed by atoms with Crippen LogP contribution in [0.1, 0.15) is 6.92 Å². The smallest absolute Gasteiger partial charge is 0.251 e. The SMILES string of the molecule is CC(CF)C(F)(F)C(F)C(Cl)=CF. The molecular weight excluding hydrogens is 215 g/mol. The number of hydrogen-bond donors (Lipinski definition) is 0. The second-order valence-corrected chi connectivity index (χ2v) is 3.02. The van der Waals surface area contributed by atoms with E-state index in [9.17, 15) is 22.0 Å². The number of halogens is 6. The van der Waals surface area contributed by atoms with Gasteiger partial charge >= 0.3 is 0 Å². The zero-order valence-electron chi connectivity index (χ0n) is 6.71. The second-order valence-electron chi connectivity index (χ2n) is 2.59. The lowest BCUT2D eigenvalue weighted by atomic mass is 10.0. The van der Waals surface area contributed by atoms with Gasteiger partial charge in [-0.05, 0) is 0 Å². The van der Waals surface area contributed by atoms with Crippen LogP contribution in [-0.4, -0.2) is 18.8 Å². The Morgan fingerprint density at radius 2 is 2.00 bits per heavy atom. The number of alkyl halides is 4. The molecule has 2 atom stereocenters. The van der Waals surface area contributed by atoms with Gasteiger partial charge in [-0.15, -0.1) is 0 Å². The topological polar surface area (TPSA) is 0 Å². The van der Waals surface area contributed by atoms with Crippen LogP contribution in [-0.2, 0) is 0 Å². The van der Waals surface area contributed by atoms with Gasteiger partial charge in [0.2, 0.25) is 6.17 Å². The Morgan fingerprint density at radius 3 is 2.31 bits per heavy atom. The van der Waals surface area contributed by atoms with Gasteiger partial charge in [-0.3, -0.25) is 4.39 Å². The minimum absolute atomic E-state index is 0.467. The lowest BCUT2D eigenvalue weighted by molar-refractivity contribution is -0.104. The molecule has 0 saturated heterocycles. The Labute approximate surface area is 77.4 Å². The van der Waals surface area contributed by atoms with Gasteiger partial charge in [-0.2, -0.15) is 0 Å². The molecule has 0 nitrogen and oxygen atoms in total. The summed E-state index contributed by atoms with van der Waals surface area (Å²) in [5, 5.41) is -1.26. The molecule has 0 aliphatic carbocycles. The molecule has 0 heterocycles. The molecule has 0 bridgehead atoms. The highest BCUT2D eigenvalue weighted by Crippen LogP contribution is 2.35. The molecular formula is C7H8ClF5. The first-order chi connectivity index (χ1) is 5.87. The maximum absolute atomic E-state index is 12.7. The van der Waals surface area contributed by atoms with Gasteiger partial charge < -0.3 is 0 Å². The van der Waals surface area contributed by atoms with E-state index in [0.717, 1.165) is 6.92 Å².